The van der Waals surface area contributed by atoms with Gasteiger partial charge in [-0.05, 0) is 113 Å². The lowest BCUT2D eigenvalue weighted by Gasteiger charge is -2.25. The van der Waals surface area contributed by atoms with Gasteiger partial charge in [0.1, 0.15) is 0 Å². The highest BCUT2D eigenvalue weighted by Crippen LogP contribution is 2.50. The van der Waals surface area contributed by atoms with Gasteiger partial charge in [0.05, 0.1) is 11.0 Å². The minimum Gasteiger partial charge on any atom is -0.386 e. The zero-order chi connectivity index (χ0) is 34.3. The van der Waals surface area contributed by atoms with Crippen molar-refractivity contribution in [2.75, 3.05) is 11.4 Å². The number of dihydropyridines is 1. The highest BCUT2D eigenvalue weighted by Gasteiger charge is 2.34. The average Bonchev–Trinajstić information content (AvgIpc) is 3.72. The molecule has 5 aromatic carbocycles. The average molecular weight is 658 g/mol. The van der Waals surface area contributed by atoms with Gasteiger partial charge in [-0.3, -0.25) is 0 Å². The molecule has 0 saturated carbocycles. The zero-order valence-corrected chi connectivity index (χ0v) is 28.8. The van der Waals surface area contributed by atoms with Crippen molar-refractivity contribution >= 4 is 44.3 Å². The first kappa shape index (κ1) is 30.7. The molecule has 0 radical (unpaired) electrons. The lowest BCUT2D eigenvalue weighted by atomic mass is 9.92. The Bertz CT molecular complexity index is 2490. The third kappa shape index (κ3) is 5.30. The van der Waals surface area contributed by atoms with E-state index in [4.69, 9.17) is 0 Å². The molecule has 3 heteroatoms. The molecule has 0 fully saturated rings. The highest BCUT2D eigenvalue weighted by molar-refractivity contribution is 6.09. The maximum Gasteiger partial charge on any atom is 0.0541 e. The number of allylic oxidation sites excluding steroid dienone is 10. The molecule has 6 aromatic rings. The van der Waals surface area contributed by atoms with Gasteiger partial charge >= 0.3 is 0 Å². The van der Waals surface area contributed by atoms with Gasteiger partial charge in [-0.25, -0.2) is 0 Å². The molecule has 0 amide bonds. The first-order chi connectivity index (χ1) is 25.2. The van der Waals surface area contributed by atoms with Crippen LogP contribution in [0.5, 0.6) is 0 Å². The Kier molecular flexibility index (Phi) is 7.74. The number of anilines is 2. The number of rotatable bonds is 7. The summed E-state index contributed by atoms with van der Waals surface area (Å²) in [5.74, 6) is 0.403. The van der Waals surface area contributed by atoms with Crippen LogP contribution in [0.25, 0.3) is 38.6 Å². The minimum atomic E-state index is 0.403. The molecule has 0 saturated heterocycles. The zero-order valence-electron chi connectivity index (χ0n) is 28.8. The summed E-state index contributed by atoms with van der Waals surface area (Å²) in [7, 11) is 0. The molecule has 3 nitrogen and oxygen atoms in total. The minimum absolute atomic E-state index is 0.403. The Morgan fingerprint density at radius 2 is 1.53 bits per heavy atom. The fraction of sp³-hybridized carbons (Fsp3) is 0.0833. The number of para-hydroxylation sites is 3. The number of hydrogen-bond acceptors (Lipinski definition) is 2. The Morgan fingerprint density at radius 1 is 0.784 bits per heavy atom. The summed E-state index contributed by atoms with van der Waals surface area (Å²) < 4.78 is 2.38. The van der Waals surface area contributed by atoms with E-state index in [0.29, 0.717) is 5.92 Å². The summed E-state index contributed by atoms with van der Waals surface area (Å²) in [4.78, 5) is 2.44. The van der Waals surface area contributed by atoms with E-state index in [9.17, 15) is 0 Å². The molecule has 1 N–H and O–H groups in total. The molecule has 0 spiro atoms. The van der Waals surface area contributed by atoms with Crippen LogP contribution in [0, 0.1) is 0 Å². The summed E-state index contributed by atoms with van der Waals surface area (Å²) in [5.41, 5.74) is 15.8. The Morgan fingerprint density at radius 3 is 2.33 bits per heavy atom. The van der Waals surface area contributed by atoms with Crippen molar-refractivity contribution in [2.45, 2.75) is 19.3 Å². The first-order valence-corrected chi connectivity index (χ1v) is 17.8. The van der Waals surface area contributed by atoms with Gasteiger partial charge in [-0.15, -0.1) is 0 Å². The third-order valence-electron chi connectivity index (χ3n) is 10.5. The van der Waals surface area contributed by atoms with Gasteiger partial charge < -0.3 is 14.8 Å². The van der Waals surface area contributed by atoms with Crippen molar-refractivity contribution in [3.8, 4) is 5.69 Å². The lowest BCUT2D eigenvalue weighted by molar-refractivity contribution is 0.819. The predicted molar refractivity (Wildman–Crippen MR) is 216 cm³/mol. The maximum absolute atomic E-state index is 4.26. The van der Waals surface area contributed by atoms with E-state index < -0.39 is 0 Å². The van der Waals surface area contributed by atoms with Gasteiger partial charge in [-0.1, -0.05) is 110 Å². The molecule has 246 valence electrons. The van der Waals surface area contributed by atoms with Crippen molar-refractivity contribution in [3.63, 3.8) is 0 Å². The summed E-state index contributed by atoms with van der Waals surface area (Å²) in [6, 6.07) is 44.0. The summed E-state index contributed by atoms with van der Waals surface area (Å²) in [6.07, 6.45) is 18.7. The number of benzene rings is 5. The predicted octanol–water partition coefficient (Wildman–Crippen LogP) is 11.9. The van der Waals surface area contributed by atoms with Gasteiger partial charge in [-0.2, -0.15) is 0 Å². The van der Waals surface area contributed by atoms with Gasteiger partial charge in [0.25, 0.3) is 0 Å². The molecule has 1 aliphatic carbocycles. The Hall–Kier alpha value is -6.32. The van der Waals surface area contributed by atoms with Crippen LogP contribution in [0.2, 0.25) is 0 Å². The molecular weight excluding hydrogens is 619 g/mol. The van der Waals surface area contributed by atoms with Crippen LogP contribution < -0.4 is 10.2 Å². The Balaban J connectivity index is 1.04. The maximum atomic E-state index is 4.26. The quantitative estimate of drug-likeness (QED) is 0.172. The highest BCUT2D eigenvalue weighted by atomic mass is 15.2. The summed E-state index contributed by atoms with van der Waals surface area (Å²) in [6.45, 7) is 7.11. The van der Waals surface area contributed by atoms with E-state index in [1.165, 1.54) is 61.1 Å². The molecule has 51 heavy (non-hydrogen) atoms. The molecule has 1 aromatic heterocycles. The second-order valence-corrected chi connectivity index (χ2v) is 13.4. The molecule has 3 heterocycles. The van der Waals surface area contributed by atoms with Crippen molar-refractivity contribution in [3.05, 3.63) is 210 Å². The topological polar surface area (TPSA) is 20.2 Å². The number of fused-ring (bicyclic) bond motifs is 6. The van der Waals surface area contributed by atoms with E-state index in [2.05, 4.69) is 192 Å². The molecule has 1 unspecified atom stereocenters. The molecule has 3 aliphatic rings. The molecular formula is C48H39N3. The smallest absolute Gasteiger partial charge is 0.0541 e. The van der Waals surface area contributed by atoms with E-state index in [1.807, 2.05) is 6.08 Å². The van der Waals surface area contributed by atoms with Crippen LogP contribution in [-0.2, 0) is 0 Å². The van der Waals surface area contributed by atoms with Gasteiger partial charge in [0.2, 0.25) is 0 Å². The van der Waals surface area contributed by atoms with Crippen LogP contribution in [-0.4, -0.2) is 11.1 Å². The largest absolute Gasteiger partial charge is 0.386 e. The SMILES string of the molecule is C=C/C(=C\C(=C/C)c1cccc(-n2c3ccccc3c3ccccc32)c1)C1=CC(c2cccc(N3C4=CC=CCC4c4ccccc43)c2)=CNC1. The summed E-state index contributed by atoms with van der Waals surface area (Å²) in [5, 5.41) is 6.10. The second kappa shape index (κ2) is 12.9. The molecule has 9 rings (SSSR count). The van der Waals surface area contributed by atoms with E-state index in [-0.39, 0.29) is 0 Å². The van der Waals surface area contributed by atoms with Crippen molar-refractivity contribution < 1.29 is 0 Å². The van der Waals surface area contributed by atoms with Crippen LogP contribution in [0.3, 0.4) is 0 Å². The van der Waals surface area contributed by atoms with Crippen LogP contribution in [0.1, 0.15) is 36.0 Å². The number of nitrogens with zero attached hydrogens (tertiary/aromatic N) is 2. The van der Waals surface area contributed by atoms with Crippen LogP contribution >= 0.6 is 0 Å². The third-order valence-corrected chi connectivity index (χ3v) is 10.5. The normalized spacial score (nSPS) is 17.1. The van der Waals surface area contributed by atoms with Gasteiger partial charge in [0.15, 0.2) is 0 Å². The monoisotopic (exact) mass is 657 g/mol. The fourth-order valence-corrected chi connectivity index (χ4v) is 8.08. The standard InChI is InChI=1S/C48H39N3/c1-3-33(35-15-13-17-39(29-35)50-45-23-9-5-19-41(45)42-20-6-10-24-46(42)50)27-34(4-2)37-28-38(32-49-31-37)36-16-14-18-40(30-36)51-47-25-11-7-21-43(47)44-22-8-12-26-48(44)51/h3-21,23-30,32,44,49H,2,22,31H2,1H3/b33-3+,34-27+. The first-order valence-electron chi connectivity index (χ1n) is 17.8. The second-order valence-electron chi connectivity index (χ2n) is 13.4. The number of aromatic nitrogens is 1. The van der Waals surface area contributed by atoms with Crippen LogP contribution in [0.15, 0.2) is 193 Å². The molecule has 0 bridgehead atoms. The molecule has 2 aliphatic heterocycles. The summed E-state index contributed by atoms with van der Waals surface area (Å²) >= 11 is 0. The van der Waals surface area contributed by atoms with E-state index in [1.54, 1.807) is 0 Å². The Labute approximate surface area is 299 Å². The van der Waals surface area contributed by atoms with Crippen molar-refractivity contribution in [2.24, 2.45) is 0 Å². The van der Waals surface area contributed by atoms with Crippen LogP contribution in [0.4, 0.5) is 11.4 Å². The number of hydrogen-bond donors (Lipinski definition) is 1. The van der Waals surface area contributed by atoms with E-state index >= 15 is 0 Å². The van der Waals surface area contributed by atoms with E-state index in [0.717, 1.165) is 35.4 Å². The molecule has 1 atom stereocenters. The lowest BCUT2D eigenvalue weighted by Crippen LogP contribution is -2.16. The fourth-order valence-electron chi connectivity index (χ4n) is 8.08. The van der Waals surface area contributed by atoms with Gasteiger partial charge in [0, 0.05) is 52.2 Å². The number of nitrogens with one attached hydrogen (secondary N) is 1. The van der Waals surface area contributed by atoms with Crippen molar-refractivity contribution in [1.29, 1.82) is 0 Å². The van der Waals surface area contributed by atoms with Crippen molar-refractivity contribution in [1.82, 2.24) is 9.88 Å².